The van der Waals surface area contributed by atoms with Crippen LogP contribution in [0.3, 0.4) is 0 Å². The molecule has 1 aromatic rings. The number of carbonyl (C=O) groups is 1. The van der Waals surface area contributed by atoms with Crippen molar-refractivity contribution in [3.8, 4) is 12.3 Å². The third-order valence-corrected chi connectivity index (χ3v) is 2.22. The molecule has 0 radical (unpaired) electrons. The van der Waals surface area contributed by atoms with Crippen LogP contribution in [0.4, 0.5) is 0 Å². The molecule has 1 aromatic heterocycles. The van der Waals surface area contributed by atoms with E-state index in [0.717, 1.165) is 11.3 Å². The van der Waals surface area contributed by atoms with Gasteiger partial charge in [0.15, 0.2) is 0 Å². The molecule has 1 heterocycles. The summed E-state index contributed by atoms with van der Waals surface area (Å²) in [5.41, 5.74) is 2.06. The Bertz CT molecular complexity index is 396. The van der Waals surface area contributed by atoms with Crippen LogP contribution in [0.1, 0.15) is 28.7 Å². The molecule has 0 atom stereocenters. The van der Waals surface area contributed by atoms with Crippen LogP contribution in [0.2, 0.25) is 0 Å². The Balaban J connectivity index is 3.32. The van der Waals surface area contributed by atoms with E-state index in [2.05, 4.69) is 5.92 Å². The van der Waals surface area contributed by atoms with E-state index in [4.69, 9.17) is 11.5 Å². The van der Waals surface area contributed by atoms with Crippen LogP contribution in [0, 0.1) is 19.3 Å². The zero-order chi connectivity index (χ0) is 10.7. The summed E-state index contributed by atoms with van der Waals surface area (Å²) in [4.78, 5) is 11.0. The Morgan fingerprint density at radius 1 is 1.71 bits per heavy atom. The predicted octanol–water partition coefficient (Wildman–Crippen LogP) is 1.69. The maximum atomic E-state index is 11.0. The maximum absolute atomic E-state index is 11.0. The Labute approximate surface area is 83.4 Å². The van der Waals surface area contributed by atoms with Crippen molar-refractivity contribution < 1.29 is 9.90 Å². The fraction of sp³-hybridized carbons (Fsp3) is 0.364. The van der Waals surface area contributed by atoms with Gasteiger partial charge < -0.3 is 9.67 Å². The summed E-state index contributed by atoms with van der Waals surface area (Å²) in [6.45, 7) is 4.11. The first kappa shape index (κ1) is 10.4. The van der Waals surface area contributed by atoms with E-state index in [9.17, 15) is 4.79 Å². The lowest BCUT2D eigenvalue weighted by molar-refractivity contribution is 0.0684. The minimum Gasteiger partial charge on any atom is -0.477 e. The van der Waals surface area contributed by atoms with Gasteiger partial charge in [-0.3, -0.25) is 0 Å². The minimum atomic E-state index is -0.912. The number of aromatic nitrogens is 1. The summed E-state index contributed by atoms with van der Waals surface area (Å²) in [5, 5.41) is 9.03. The Morgan fingerprint density at radius 2 is 2.36 bits per heavy atom. The molecule has 0 amide bonds. The quantitative estimate of drug-likeness (QED) is 0.739. The maximum Gasteiger partial charge on any atom is 0.352 e. The normalized spacial score (nSPS) is 9.79. The monoisotopic (exact) mass is 191 g/mol. The molecular weight excluding hydrogens is 178 g/mol. The van der Waals surface area contributed by atoms with Crippen molar-refractivity contribution in [1.29, 1.82) is 0 Å². The van der Waals surface area contributed by atoms with E-state index in [1.54, 1.807) is 4.57 Å². The molecule has 74 valence electrons. The third kappa shape index (κ3) is 1.64. The number of aromatic carboxylic acids is 1. The zero-order valence-electron chi connectivity index (χ0n) is 8.37. The molecule has 1 N–H and O–H groups in total. The summed E-state index contributed by atoms with van der Waals surface area (Å²) in [7, 11) is 0. The Morgan fingerprint density at radius 3 is 2.79 bits per heavy atom. The number of terminal acetylenes is 1. The van der Waals surface area contributed by atoms with Crippen molar-refractivity contribution in [3.63, 3.8) is 0 Å². The van der Waals surface area contributed by atoms with E-state index in [-0.39, 0.29) is 0 Å². The van der Waals surface area contributed by atoms with Gasteiger partial charge in [-0.15, -0.1) is 6.42 Å². The van der Waals surface area contributed by atoms with Gasteiger partial charge in [-0.05, 0) is 25.0 Å². The SMILES string of the molecule is C#CCn1c(C)cc(CC)c1C(=O)O. The summed E-state index contributed by atoms with van der Waals surface area (Å²) in [5.74, 6) is 1.55. The van der Waals surface area contributed by atoms with Crippen LogP contribution in [0.15, 0.2) is 6.07 Å². The smallest absolute Gasteiger partial charge is 0.352 e. The zero-order valence-corrected chi connectivity index (χ0v) is 8.37. The molecule has 0 bridgehead atoms. The van der Waals surface area contributed by atoms with Crippen LogP contribution >= 0.6 is 0 Å². The second kappa shape index (κ2) is 4.01. The standard InChI is InChI=1S/C11H13NO2/c1-4-6-12-8(3)7-9(5-2)10(12)11(13)14/h1,7H,5-6H2,2-3H3,(H,13,14). The molecule has 0 saturated carbocycles. The van der Waals surface area contributed by atoms with Crippen molar-refractivity contribution in [2.75, 3.05) is 0 Å². The average molecular weight is 191 g/mol. The summed E-state index contributed by atoms with van der Waals surface area (Å²) in [6.07, 6.45) is 5.89. The van der Waals surface area contributed by atoms with Crippen molar-refractivity contribution in [2.24, 2.45) is 0 Å². The highest BCUT2D eigenvalue weighted by atomic mass is 16.4. The molecule has 0 unspecified atom stereocenters. The summed E-state index contributed by atoms with van der Waals surface area (Å²) in [6, 6.07) is 1.88. The fourth-order valence-electron chi connectivity index (χ4n) is 1.57. The van der Waals surface area contributed by atoms with E-state index in [0.29, 0.717) is 18.7 Å². The largest absolute Gasteiger partial charge is 0.477 e. The number of hydrogen-bond donors (Lipinski definition) is 1. The number of carboxylic acid groups (broad SMARTS) is 1. The first-order valence-corrected chi connectivity index (χ1v) is 4.47. The van der Waals surface area contributed by atoms with Gasteiger partial charge in [-0.25, -0.2) is 4.79 Å². The van der Waals surface area contributed by atoms with Gasteiger partial charge in [0.1, 0.15) is 5.69 Å². The van der Waals surface area contributed by atoms with Gasteiger partial charge in [0, 0.05) is 5.69 Å². The Kier molecular flexibility index (Phi) is 2.98. The molecule has 1 rings (SSSR count). The molecular formula is C11H13NO2. The molecule has 0 saturated heterocycles. The van der Waals surface area contributed by atoms with Crippen LogP contribution < -0.4 is 0 Å². The van der Waals surface area contributed by atoms with E-state index in [1.165, 1.54) is 0 Å². The van der Waals surface area contributed by atoms with Crippen LogP contribution in [-0.4, -0.2) is 15.6 Å². The average Bonchev–Trinajstić information content (AvgIpc) is 2.44. The third-order valence-electron chi connectivity index (χ3n) is 2.22. The molecule has 3 heteroatoms. The number of rotatable bonds is 3. The van der Waals surface area contributed by atoms with E-state index >= 15 is 0 Å². The Hall–Kier alpha value is -1.69. The lowest BCUT2D eigenvalue weighted by atomic mass is 10.2. The molecule has 3 nitrogen and oxygen atoms in total. The molecule has 0 aliphatic heterocycles. The van der Waals surface area contributed by atoms with Crippen molar-refractivity contribution in [2.45, 2.75) is 26.8 Å². The number of aryl methyl sites for hydroxylation is 2. The lowest BCUT2D eigenvalue weighted by Crippen LogP contribution is -2.10. The van der Waals surface area contributed by atoms with Crippen LogP contribution in [0.5, 0.6) is 0 Å². The first-order chi connectivity index (χ1) is 6.61. The highest BCUT2D eigenvalue weighted by Crippen LogP contribution is 2.16. The van der Waals surface area contributed by atoms with Crippen LogP contribution in [-0.2, 0) is 13.0 Å². The van der Waals surface area contributed by atoms with Crippen LogP contribution in [0.25, 0.3) is 0 Å². The molecule has 14 heavy (non-hydrogen) atoms. The molecule has 0 spiro atoms. The highest BCUT2D eigenvalue weighted by molar-refractivity contribution is 5.88. The lowest BCUT2D eigenvalue weighted by Gasteiger charge is -2.04. The first-order valence-electron chi connectivity index (χ1n) is 4.47. The van der Waals surface area contributed by atoms with Crippen molar-refractivity contribution in [1.82, 2.24) is 4.57 Å². The highest BCUT2D eigenvalue weighted by Gasteiger charge is 2.16. The van der Waals surface area contributed by atoms with Crippen molar-refractivity contribution >= 4 is 5.97 Å². The second-order valence-electron chi connectivity index (χ2n) is 3.11. The summed E-state index contributed by atoms with van der Waals surface area (Å²) < 4.78 is 1.65. The minimum absolute atomic E-state index is 0.313. The number of carboxylic acids is 1. The molecule has 0 aliphatic carbocycles. The molecule has 0 aliphatic rings. The second-order valence-corrected chi connectivity index (χ2v) is 3.11. The molecule has 0 aromatic carbocycles. The van der Waals surface area contributed by atoms with Gasteiger partial charge in [-0.1, -0.05) is 12.8 Å². The molecule has 0 fully saturated rings. The van der Waals surface area contributed by atoms with Gasteiger partial charge in [0.2, 0.25) is 0 Å². The fourth-order valence-corrected chi connectivity index (χ4v) is 1.57. The van der Waals surface area contributed by atoms with Gasteiger partial charge in [0.25, 0.3) is 0 Å². The topological polar surface area (TPSA) is 42.2 Å². The van der Waals surface area contributed by atoms with E-state index < -0.39 is 5.97 Å². The number of nitrogens with zero attached hydrogens (tertiary/aromatic N) is 1. The van der Waals surface area contributed by atoms with Gasteiger partial charge in [-0.2, -0.15) is 0 Å². The number of hydrogen-bond acceptors (Lipinski definition) is 1. The van der Waals surface area contributed by atoms with Gasteiger partial charge in [0.05, 0.1) is 6.54 Å². The van der Waals surface area contributed by atoms with Gasteiger partial charge >= 0.3 is 5.97 Å². The summed E-state index contributed by atoms with van der Waals surface area (Å²) >= 11 is 0. The van der Waals surface area contributed by atoms with Crippen molar-refractivity contribution in [3.05, 3.63) is 23.0 Å². The predicted molar refractivity (Wildman–Crippen MR) is 54.3 cm³/mol. The van der Waals surface area contributed by atoms with E-state index in [1.807, 2.05) is 19.9 Å².